The summed E-state index contributed by atoms with van der Waals surface area (Å²) in [6.45, 7) is 4.41. The molecule has 0 radical (unpaired) electrons. The van der Waals surface area contributed by atoms with Gasteiger partial charge in [0.05, 0.1) is 12.2 Å². The van der Waals surface area contributed by atoms with Gasteiger partial charge in [0.2, 0.25) is 0 Å². The summed E-state index contributed by atoms with van der Waals surface area (Å²) in [4.78, 5) is 0. The molecule has 0 amide bonds. The number of hydrogen-bond donors (Lipinski definition) is 1. The monoisotopic (exact) mass is 227 g/mol. The molecule has 1 aliphatic heterocycles. The van der Waals surface area contributed by atoms with Crippen LogP contribution in [0.15, 0.2) is 0 Å². The first-order chi connectivity index (χ1) is 7.74. The van der Waals surface area contributed by atoms with Crippen LogP contribution in [0.1, 0.15) is 71.6 Å². The van der Waals surface area contributed by atoms with Crippen molar-refractivity contribution >= 4 is 0 Å². The minimum atomic E-state index is 0.274. The lowest BCUT2D eigenvalue weighted by Crippen LogP contribution is -2.34. The largest absolute Gasteiger partial charge is 0.374 e. The molecule has 96 valence electrons. The van der Waals surface area contributed by atoms with E-state index in [0.29, 0.717) is 12.2 Å². The van der Waals surface area contributed by atoms with E-state index in [4.69, 9.17) is 10.5 Å². The van der Waals surface area contributed by atoms with Gasteiger partial charge < -0.3 is 10.5 Å². The van der Waals surface area contributed by atoms with Crippen LogP contribution in [0.4, 0.5) is 0 Å². The van der Waals surface area contributed by atoms with Gasteiger partial charge in [0, 0.05) is 6.04 Å². The molecule has 0 aromatic carbocycles. The molecule has 0 bridgehead atoms. The molecular weight excluding hydrogens is 198 g/mol. The number of rotatable bonds is 8. The average Bonchev–Trinajstić information content (AvgIpc) is 2.70. The van der Waals surface area contributed by atoms with Gasteiger partial charge in [-0.3, -0.25) is 0 Å². The van der Waals surface area contributed by atoms with Crippen LogP contribution in [0, 0.1) is 0 Å². The second kappa shape index (κ2) is 8.08. The minimum absolute atomic E-state index is 0.274. The highest BCUT2D eigenvalue weighted by molar-refractivity contribution is 4.80. The van der Waals surface area contributed by atoms with E-state index in [1.165, 1.54) is 44.9 Å². The summed E-state index contributed by atoms with van der Waals surface area (Å²) >= 11 is 0. The maximum absolute atomic E-state index is 6.16. The zero-order chi connectivity index (χ0) is 11.8. The Labute approximate surface area is 101 Å². The third-order valence-corrected chi connectivity index (χ3v) is 3.63. The molecule has 1 heterocycles. The fourth-order valence-electron chi connectivity index (χ4n) is 2.49. The summed E-state index contributed by atoms with van der Waals surface area (Å²) < 4.78 is 5.79. The second-order valence-electron chi connectivity index (χ2n) is 5.28. The summed E-state index contributed by atoms with van der Waals surface area (Å²) in [6.07, 6.45) is 12.4. The molecule has 0 aromatic rings. The van der Waals surface area contributed by atoms with Gasteiger partial charge in [-0.15, -0.1) is 0 Å². The molecule has 2 heteroatoms. The Kier molecular flexibility index (Phi) is 7.06. The van der Waals surface area contributed by atoms with Crippen molar-refractivity contribution in [2.45, 2.75) is 89.9 Å². The van der Waals surface area contributed by atoms with Crippen LogP contribution in [0.3, 0.4) is 0 Å². The van der Waals surface area contributed by atoms with Gasteiger partial charge >= 0.3 is 0 Å². The van der Waals surface area contributed by atoms with Crippen LogP contribution in [0.2, 0.25) is 0 Å². The van der Waals surface area contributed by atoms with Gasteiger partial charge in [0.25, 0.3) is 0 Å². The molecule has 16 heavy (non-hydrogen) atoms. The molecule has 1 aliphatic rings. The third kappa shape index (κ3) is 5.31. The van der Waals surface area contributed by atoms with Crippen molar-refractivity contribution < 1.29 is 4.74 Å². The van der Waals surface area contributed by atoms with Crippen molar-refractivity contribution in [3.8, 4) is 0 Å². The number of unbranched alkanes of at least 4 members (excludes halogenated alkanes) is 5. The van der Waals surface area contributed by atoms with E-state index in [9.17, 15) is 0 Å². The first-order valence-electron chi connectivity index (χ1n) is 7.15. The van der Waals surface area contributed by atoms with E-state index >= 15 is 0 Å². The summed E-state index contributed by atoms with van der Waals surface area (Å²) in [5, 5.41) is 0. The highest BCUT2D eigenvalue weighted by Crippen LogP contribution is 2.23. The SMILES string of the molecule is CCCCCCCCC(N)C1CCC(C)O1. The molecule has 0 aromatic heterocycles. The van der Waals surface area contributed by atoms with Crippen LogP contribution < -0.4 is 5.73 Å². The van der Waals surface area contributed by atoms with Gasteiger partial charge in [-0.05, 0) is 26.2 Å². The summed E-state index contributed by atoms with van der Waals surface area (Å²) in [5.74, 6) is 0. The number of hydrogen-bond acceptors (Lipinski definition) is 2. The molecule has 3 atom stereocenters. The first-order valence-corrected chi connectivity index (χ1v) is 7.15. The molecule has 1 saturated heterocycles. The normalized spacial score (nSPS) is 27.2. The Bertz CT molecular complexity index is 172. The van der Waals surface area contributed by atoms with Crippen LogP contribution in [0.5, 0.6) is 0 Å². The van der Waals surface area contributed by atoms with Crippen molar-refractivity contribution in [1.82, 2.24) is 0 Å². The fourth-order valence-corrected chi connectivity index (χ4v) is 2.49. The van der Waals surface area contributed by atoms with E-state index < -0.39 is 0 Å². The molecule has 0 spiro atoms. The molecule has 1 fully saturated rings. The van der Waals surface area contributed by atoms with Crippen molar-refractivity contribution in [3.63, 3.8) is 0 Å². The molecule has 2 N–H and O–H groups in total. The summed E-state index contributed by atoms with van der Waals surface area (Å²) in [5.41, 5.74) is 6.16. The zero-order valence-corrected chi connectivity index (χ0v) is 11.1. The van der Waals surface area contributed by atoms with Gasteiger partial charge in [-0.2, -0.15) is 0 Å². The van der Waals surface area contributed by atoms with Gasteiger partial charge in [0.15, 0.2) is 0 Å². The van der Waals surface area contributed by atoms with Crippen molar-refractivity contribution in [3.05, 3.63) is 0 Å². The zero-order valence-electron chi connectivity index (χ0n) is 11.1. The second-order valence-corrected chi connectivity index (χ2v) is 5.28. The molecular formula is C14H29NO. The first kappa shape index (κ1) is 14.0. The highest BCUT2D eigenvalue weighted by Gasteiger charge is 2.26. The summed E-state index contributed by atoms with van der Waals surface area (Å²) in [6, 6.07) is 0.274. The maximum Gasteiger partial charge on any atom is 0.0730 e. The third-order valence-electron chi connectivity index (χ3n) is 3.63. The van der Waals surface area contributed by atoms with Crippen molar-refractivity contribution in [2.24, 2.45) is 5.73 Å². The van der Waals surface area contributed by atoms with Gasteiger partial charge in [0.1, 0.15) is 0 Å². The Balaban J connectivity index is 1.96. The number of nitrogens with two attached hydrogens (primary N) is 1. The molecule has 0 aliphatic carbocycles. The minimum Gasteiger partial charge on any atom is -0.374 e. The van der Waals surface area contributed by atoms with Crippen LogP contribution in [-0.4, -0.2) is 18.2 Å². The fraction of sp³-hybridized carbons (Fsp3) is 1.00. The molecule has 3 unspecified atom stereocenters. The van der Waals surface area contributed by atoms with Crippen molar-refractivity contribution in [1.29, 1.82) is 0 Å². The van der Waals surface area contributed by atoms with E-state index in [2.05, 4.69) is 13.8 Å². The topological polar surface area (TPSA) is 35.2 Å². The molecule has 0 saturated carbocycles. The predicted octanol–water partition coefficient (Wildman–Crippen LogP) is 3.63. The smallest absolute Gasteiger partial charge is 0.0730 e. The Hall–Kier alpha value is -0.0800. The maximum atomic E-state index is 6.16. The highest BCUT2D eigenvalue weighted by atomic mass is 16.5. The Morgan fingerprint density at radius 3 is 2.44 bits per heavy atom. The van der Waals surface area contributed by atoms with E-state index in [1.807, 2.05) is 0 Å². The van der Waals surface area contributed by atoms with Crippen molar-refractivity contribution in [2.75, 3.05) is 0 Å². The van der Waals surface area contributed by atoms with Crippen LogP contribution >= 0.6 is 0 Å². The van der Waals surface area contributed by atoms with E-state index in [-0.39, 0.29) is 6.04 Å². The predicted molar refractivity (Wildman–Crippen MR) is 69.5 cm³/mol. The lowest BCUT2D eigenvalue weighted by Gasteiger charge is -2.19. The lowest BCUT2D eigenvalue weighted by atomic mass is 10.0. The van der Waals surface area contributed by atoms with Crippen LogP contribution in [0.25, 0.3) is 0 Å². The Morgan fingerprint density at radius 2 is 1.81 bits per heavy atom. The van der Waals surface area contributed by atoms with E-state index in [1.54, 1.807) is 0 Å². The lowest BCUT2D eigenvalue weighted by molar-refractivity contribution is 0.0382. The quantitative estimate of drug-likeness (QED) is 0.643. The molecule has 1 rings (SSSR count). The van der Waals surface area contributed by atoms with Gasteiger partial charge in [-0.1, -0.05) is 45.4 Å². The standard InChI is InChI=1S/C14H29NO/c1-3-4-5-6-7-8-9-13(15)14-11-10-12(2)16-14/h12-14H,3-11,15H2,1-2H3. The van der Waals surface area contributed by atoms with Gasteiger partial charge in [-0.25, -0.2) is 0 Å². The summed E-state index contributed by atoms with van der Waals surface area (Å²) in [7, 11) is 0. The van der Waals surface area contributed by atoms with E-state index in [0.717, 1.165) is 12.8 Å². The van der Waals surface area contributed by atoms with Crippen LogP contribution in [-0.2, 0) is 4.74 Å². The number of ether oxygens (including phenoxy) is 1. The average molecular weight is 227 g/mol. The molecule has 2 nitrogen and oxygen atoms in total. The Morgan fingerprint density at radius 1 is 1.12 bits per heavy atom.